The maximum Gasteiger partial charge on any atom is 0.331 e. The molecule has 0 aliphatic rings. The number of esters is 1. The molecule has 0 saturated heterocycles. The molecule has 2 N–H and O–H groups in total. The largest absolute Gasteiger partial charge is 0.457 e. The van der Waals surface area contributed by atoms with Gasteiger partial charge in [-0.3, -0.25) is 0 Å². The molecule has 0 fully saturated rings. The Labute approximate surface area is 77.8 Å². The van der Waals surface area contributed by atoms with Crippen LogP contribution in [0.1, 0.15) is 20.8 Å². The van der Waals surface area contributed by atoms with E-state index in [-0.39, 0.29) is 18.8 Å². The molecule has 0 saturated carbocycles. The highest BCUT2D eigenvalue weighted by molar-refractivity contribution is 5.83. The summed E-state index contributed by atoms with van der Waals surface area (Å²) in [5.74, 6) is -0.550. The minimum atomic E-state index is -0.552. The molecule has 4 nitrogen and oxygen atoms in total. The van der Waals surface area contributed by atoms with Gasteiger partial charge < -0.3 is 14.9 Å². The second-order valence-corrected chi connectivity index (χ2v) is 3.65. The molecular formula is C9H16O4. The summed E-state index contributed by atoms with van der Waals surface area (Å²) < 4.78 is 4.93. The zero-order valence-electron chi connectivity index (χ0n) is 8.20. The number of aliphatic hydroxyl groups is 2. The molecule has 0 heterocycles. The SMILES string of the molecule is CC(C)(C)OC(=O)C=C(CO)CO. The molecule has 0 unspecified atom stereocenters. The fourth-order valence-electron chi connectivity index (χ4n) is 0.639. The zero-order valence-corrected chi connectivity index (χ0v) is 8.20. The van der Waals surface area contributed by atoms with Crippen molar-refractivity contribution in [2.75, 3.05) is 13.2 Å². The van der Waals surface area contributed by atoms with Crippen LogP contribution in [0.2, 0.25) is 0 Å². The molecule has 0 bridgehead atoms. The summed E-state index contributed by atoms with van der Waals surface area (Å²) in [4.78, 5) is 11.1. The Hall–Kier alpha value is -0.870. The molecule has 0 atom stereocenters. The van der Waals surface area contributed by atoms with E-state index in [0.717, 1.165) is 6.08 Å². The van der Waals surface area contributed by atoms with E-state index in [0.29, 0.717) is 0 Å². The first kappa shape index (κ1) is 12.1. The molecule has 0 spiro atoms. The van der Waals surface area contributed by atoms with Gasteiger partial charge in [-0.1, -0.05) is 0 Å². The van der Waals surface area contributed by atoms with Crippen molar-refractivity contribution in [3.63, 3.8) is 0 Å². The van der Waals surface area contributed by atoms with Crippen LogP contribution < -0.4 is 0 Å². The number of ether oxygens (including phenoxy) is 1. The molecule has 0 aliphatic carbocycles. The van der Waals surface area contributed by atoms with Gasteiger partial charge in [-0.25, -0.2) is 4.79 Å². The maximum absolute atomic E-state index is 11.1. The summed E-state index contributed by atoms with van der Waals surface area (Å²) in [6.45, 7) is 4.56. The van der Waals surface area contributed by atoms with E-state index in [1.807, 2.05) is 0 Å². The summed E-state index contributed by atoms with van der Waals surface area (Å²) >= 11 is 0. The van der Waals surface area contributed by atoms with Crippen molar-refractivity contribution in [2.45, 2.75) is 26.4 Å². The van der Waals surface area contributed by atoms with Crippen LogP contribution in [0.25, 0.3) is 0 Å². The van der Waals surface area contributed by atoms with Gasteiger partial charge >= 0.3 is 5.97 Å². The van der Waals surface area contributed by atoms with Crippen molar-refractivity contribution in [3.8, 4) is 0 Å². The normalized spacial score (nSPS) is 10.8. The molecule has 0 aromatic heterocycles. The monoisotopic (exact) mass is 188 g/mol. The Morgan fingerprint density at radius 3 is 2.08 bits per heavy atom. The number of aliphatic hydroxyl groups excluding tert-OH is 2. The van der Waals surface area contributed by atoms with Gasteiger partial charge in [0.05, 0.1) is 13.2 Å². The molecule has 76 valence electrons. The van der Waals surface area contributed by atoms with Crippen molar-refractivity contribution in [1.29, 1.82) is 0 Å². The van der Waals surface area contributed by atoms with E-state index in [1.165, 1.54) is 0 Å². The summed E-state index contributed by atoms with van der Waals surface area (Å²) in [6.07, 6.45) is 1.10. The van der Waals surface area contributed by atoms with E-state index < -0.39 is 11.6 Å². The average molecular weight is 188 g/mol. The van der Waals surface area contributed by atoms with E-state index >= 15 is 0 Å². The Bertz CT molecular complexity index is 194. The van der Waals surface area contributed by atoms with Crippen molar-refractivity contribution in [3.05, 3.63) is 11.6 Å². The summed E-state index contributed by atoms with van der Waals surface area (Å²) in [6, 6.07) is 0. The van der Waals surface area contributed by atoms with E-state index in [2.05, 4.69) is 0 Å². The number of rotatable bonds is 3. The van der Waals surface area contributed by atoms with Gasteiger partial charge in [0.1, 0.15) is 5.60 Å². The Kier molecular flexibility index (Phi) is 4.66. The van der Waals surface area contributed by atoms with Crippen LogP contribution >= 0.6 is 0 Å². The lowest BCUT2D eigenvalue weighted by molar-refractivity contribution is -0.148. The third-order valence-electron chi connectivity index (χ3n) is 1.13. The Morgan fingerprint density at radius 1 is 1.31 bits per heavy atom. The predicted molar refractivity (Wildman–Crippen MR) is 48.1 cm³/mol. The lowest BCUT2D eigenvalue weighted by atomic mass is 10.2. The average Bonchev–Trinajstić information content (AvgIpc) is 1.96. The van der Waals surface area contributed by atoms with Gasteiger partial charge in [-0.2, -0.15) is 0 Å². The van der Waals surface area contributed by atoms with Crippen molar-refractivity contribution in [1.82, 2.24) is 0 Å². The molecule has 0 radical (unpaired) electrons. The number of hydrogen-bond donors (Lipinski definition) is 2. The van der Waals surface area contributed by atoms with Crippen LogP contribution in [0.4, 0.5) is 0 Å². The van der Waals surface area contributed by atoms with E-state index in [1.54, 1.807) is 20.8 Å². The standard InChI is InChI=1S/C9H16O4/c1-9(2,3)13-8(12)4-7(5-10)6-11/h4,10-11H,5-6H2,1-3H3. The summed E-state index contributed by atoms with van der Waals surface area (Å²) in [7, 11) is 0. The second-order valence-electron chi connectivity index (χ2n) is 3.65. The minimum absolute atomic E-state index is 0.245. The fraction of sp³-hybridized carbons (Fsp3) is 0.667. The van der Waals surface area contributed by atoms with Crippen LogP contribution in [-0.2, 0) is 9.53 Å². The number of carbonyl (C=O) groups is 1. The maximum atomic E-state index is 11.1. The third kappa shape index (κ3) is 6.31. The number of carbonyl (C=O) groups excluding carboxylic acids is 1. The van der Waals surface area contributed by atoms with Crippen LogP contribution in [0.5, 0.6) is 0 Å². The van der Waals surface area contributed by atoms with E-state index in [4.69, 9.17) is 14.9 Å². The smallest absolute Gasteiger partial charge is 0.331 e. The van der Waals surface area contributed by atoms with E-state index in [9.17, 15) is 4.79 Å². The molecule has 13 heavy (non-hydrogen) atoms. The molecule has 0 aromatic rings. The molecule has 0 aliphatic heterocycles. The molecule has 0 rings (SSSR count). The fourth-order valence-corrected chi connectivity index (χ4v) is 0.639. The van der Waals surface area contributed by atoms with Crippen LogP contribution in [-0.4, -0.2) is 35.0 Å². The van der Waals surface area contributed by atoms with Crippen LogP contribution in [0, 0.1) is 0 Å². The first-order chi connectivity index (χ1) is 5.89. The Morgan fingerprint density at radius 2 is 1.77 bits per heavy atom. The van der Waals surface area contributed by atoms with Crippen LogP contribution in [0.15, 0.2) is 11.6 Å². The first-order valence-corrected chi connectivity index (χ1v) is 4.03. The summed E-state index contributed by atoms with van der Waals surface area (Å²) in [5.41, 5.74) is -0.307. The van der Waals surface area contributed by atoms with Gasteiger partial charge in [0.15, 0.2) is 0 Å². The van der Waals surface area contributed by atoms with Crippen LogP contribution in [0.3, 0.4) is 0 Å². The minimum Gasteiger partial charge on any atom is -0.457 e. The first-order valence-electron chi connectivity index (χ1n) is 4.03. The zero-order chi connectivity index (χ0) is 10.5. The highest BCUT2D eigenvalue weighted by Crippen LogP contribution is 2.07. The third-order valence-corrected chi connectivity index (χ3v) is 1.13. The van der Waals surface area contributed by atoms with Crippen molar-refractivity contribution in [2.24, 2.45) is 0 Å². The van der Waals surface area contributed by atoms with Gasteiger partial charge in [0.2, 0.25) is 0 Å². The van der Waals surface area contributed by atoms with Crippen molar-refractivity contribution < 1.29 is 19.7 Å². The predicted octanol–water partition coefficient (Wildman–Crippen LogP) is 0.239. The summed E-state index contributed by atoms with van der Waals surface area (Å²) in [5, 5.41) is 17.3. The molecule has 0 amide bonds. The molecule has 0 aromatic carbocycles. The molecular weight excluding hydrogens is 172 g/mol. The Balaban J connectivity index is 4.21. The molecule has 4 heteroatoms. The quantitative estimate of drug-likeness (QED) is 0.492. The van der Waals surface area contributed by atoms with Gasteiger partial charge in [-0.15, -0.1) is 0 Å². The van der Waals surface area contributed by atoms with Gasteiger partial charge in [0.25, 0.3) is 0 Å². The highest BCUT2D eigenvalue weighted by Gasteiger charge is 2.14. The lowest BCUT2D eigenvalue weighted by Crippen LogP contribution is -2.23. The number of hydrogen-bond acceptors (Lipinski definition) is 4. The van der Waals surface area contributed by atoms with Gasteiger partial charge in [0, 0.05) is 6.08 Å². The second kappa shape index (κ2) is 4.99. The van der Waals surface area contributed by atoms with Crippen molar-refractivity contribution >= 4 is 5.97 Å². The topological polar surface area (TPSA) is 66.8 Å². The van der Waals surface area contributed by atoms with Gasteiger partial charge in [-0.05, 0) is 26.3 Å². The highest BCUT2D eigenvalue weighted by atomic mass is 16.6. The lowest BCUT2D eigenvalue weighted by Gasteiger charge is -2.18.